The van der Waals surface area contributed by atoms with Crippen LogP contribution in [0.15, 0.2) is 30.6 Å². The summed E-state index contributed by atoms with van der Waals surface area (Å²) >= 11 is 0. The van der Waals surface area contributed by atoms with Crippen LogP contribution in [0.4, 0.5) is 5.69 Å². The molecular weight excluding hydrogens is 258 g/mol. The van der Waals surface area contributed by atoms with Gasteiger partial charge in [-0.1, -0.05) is 0 Å². The quantitative estimate of drug-likeness (QED) is 0.848. The molecule has 0 bridgehead atoms. The fourth-order valence-corrected chi connectivity index (χ4v) is 1.72. The van der Waals surface area contributed by atoms with Gasteiger partial charge in [-0.2, -0.15) is 5.10 Å². The van der Waals surface area contributed by atoms with Crippen LogP contribution in [-0.2, 0) is 11.8 Å². The Kier molecular flexibility index (Phi) is 4.09. The number of nitrogens with one attached hydrogen (secondary N) is 2. The largest absolute Gasteiger partial charge is 0.342 e. The molecule has 2 aromatic rings. The molecule has 0 atom stereocenters. The predicted octanol–water partition coefficient (Wildman–Crippen LogP) is 0.492. The Hall–Kier alpha value is -2.70. The van der Waals surface area contributed by atoms with Crippen molar-refractivity contribution in [3.05, 3.63) is 42.0 Å². The van der Waals surface area contributed by atoms with Crippen molar-refractivity contribution in [3.8, 4) is 0 Å². The number of carbonyl (C=O) groups is 2. The van der Waals surface area contributed by atoms with E-state index >= 15 is 0 Å². The zero-order valence-corrected chi connectivity index (χ0v) is 11.3. The van der Waals surface area contributed by atoms with Gasteiger partial charge in [0.1, 0.15) is 5.69 Å². The number of rotatable bonds is 4. The van der Waals surface area contributed by atoms with Crippen LogP contribution in [0.25, 0.3) is 0 Å². The molecule has 104 valence electrons. The molecule has 0 unspecified atom stereocenters. The Morgan fingerprint density at radius 3 is 2.80 bits per heavy atom. The summed E-state index contributed by atoms with van der Waals surface area (Å²) in [5, 5.41) is 9.24. The zero-order valence-electron chi connectivity index (χ0n) is 11.3. The number of pyridine rings is 1. The zero-order chi connectivity index (χ0) is 14.5. The van der Waals surface area contributed by atoms with E-state index in [0.29, 0.717) is 11.4 Å². The Balaban J connectivity index is 1.87. The fourth-order valence-electron chi connectivity index (χ4n) is 1.72. The number of hydrogen-bond acceptors (Lipinski definition) is 4. The van der Waals surface area contributed by atoms with Gasteiger partial charge < -0.3 is 10.6 Å². The molecule has 0 aromatic carbocycles. The standard InChI is InChI=1S/C13H15N5O2/c1-9-6-11(18(2)17-9)13(20)15-8-12(19)16-10-4-3-5-14-7-10/h3-7H,8H2,1-2H3,(H,15,20)(H,16,19). The van der Waals surface area contributed by atoms with Gasteiger partial charge in [0.25, 0.3) is 5.91 Å². The lowest BCUT2D eigenvalue weighted by atomic mass is 10.3. The SMILES string of the molecule is Cc1cc(C(=O)NCC(=O)Nc2cccnc2)n(C)n1. The van der Waals surface area contributed by atoms with E-state index < -0.39 is 0 Å². The average molecular weight is 273 g/mol. The molecular formula is C13H15N5O2. The highest BCUT2D eigenvalue weighted by molar-refractivity contribution is 5.98. The summed E-state index contributed by atoms with van der Waals surface area (Å²) in [5.74, 6) is -0.653. The molecule has 0 spiro atoms. The Labute approximate surface area is 116 Å². The first-order valence-electron chi connectivity index (χ1n) is 6.05. The first-order valence-corrected chi connectivity index (χ1v) is 6.05. The summed E-state index contributed by atoms with van der Waals surface area (Å²) in [6, 6.07) is 5.10. The highest BCUT2D eigenvalue weighted by Gasteiger charge is 2.12. The minimum Gasteiger partial charge on any atom is -0.342 e. The summed E-state index contributed by atoms with van der Waals surface area (Å²) in [4.78, 5) is 27.4. The van der Waals surface area contributed by atoms with E-state index in [4.69, 9.17) is 0 Å². The van der Waals surface area contributed by atoms with Gasteiger partial charge in [-0.3, -0.25) is 19.3 Å². The van der Waals surface area contributed by atoms with Crippen molar-refractivity contribution in [1.82, 2.24) is 20.1 Å². The Bertz CT molecular complexity index is 621. The lowest BCUT2D eigenvalue weighted by Crippen LogP contribution is -2.33. The number of nitrogens with zero attached hydrogens (tertiary/aromatic N) is 3. The van der Waals surface area contributed by atoms with Crippen molar-refractivity contribution < 1.29 is 9.59 Å². The van der Waals surface area contributed by atoms with Crippen LogP contribution in [0.1, 0.15) is 16.2 Å². The Morgan fingerprint density at radius 1 is 1.40 bits per heavy atom. The molecule has 0 aliphatic rings. The molecule has 20 heavy (non-hydrogen) atoms. The lowest BCUT2D eigenvalue weighted by molar-refractivity contribution is -0.115. The highest BCUT2D eigenvalue weighted by Crippen LogP contribution is 2.03. The monoisotopic (exact) mass is 273 g/mol. The van der Waals surface area contributed by atoms with Gasteiger partial charge in [0, 0.05) is 13.2 Å². The molecule has 0 aliphatic heterocycles. The maximum atomic E-state index is 11.9. The van der Waals surface area contributed by atoms with Gasteiger partial charge in [-0.15, -0.1) is 0 Å². The fraction of sp³-hybridized carbons (Fsp3) is 0.231. The third-order valence-electron chi connectivity index (χ3n) is 2.59. The second-order valence-corrected chi connectivity index (χ2v) is 4.27. The van der Waals surface area contributed by atoms with E-state index in [1.807, 2.05) is 0 Å². The molecule has 2 amide bonds. The van der Waals surface area contributed by atoms with Crippen LogP contribution in [0.3, 0.4) is 0 Å². The van der Waals surface area contributed by atoms with Crippen molar-refractivity contribution in [1.29, 1.82) is 0 Å². The lowest BCUT2D eigenvalue weighted by Gasteiger charge is -2.06. The summed E-state index contributed by atoms with van der Waals surface area (Å²) < 4.78 is 1.48. The van der Waals surface area contributed by atoms with Crippen LogP contribution in [-0.4, -0.2) is 33.1 Å². The van der Waals surface area contributed by atoms with E-state index in [0.717, 1.165) is 5.69 Å². The minimum absolute atomic E-state index is 0.113. The van der Waals surface area contributed by atoms with E-state index in [9.17, 15) is 9.59 Å². The molecule has 0 saturated heterocycles. The van der Waals surface area contributed by atoms with Crippen LogP contribution in [0.2, 0.25) is 0 Å². The van der Waals surface area contributed by atoms with Crippen molar-refractivity contribution in [2.24, 2.45) is 7.05 Å². The van der Waals surface area contributed by atoms with Crippen LogP contribution in [0.5, 0.6) is 0 Å². The molecule has 0 saturated carbocycles. The first kappa shape index (κ1) is 13.7. The minimum atomic E-state index is -0.338. The third kappa shape index (κ3) is 3.41. The molecule has 2 heterocycles. The topological polar surface area (TPSA) is 88.9 Å². The van der Waals surface area contributed by atoms with Crippen LogP contribution < -0.4 is 10.6 Å². The van der Waals surface area contributed by atoms with Gasteiger partial charge in [-0.25, -0.2) is 0 Å². The van der Waals surface area contributed by atoms with Gasteiger partial charge in [0.15, 0.2) is 0 Å². The van der Waals surface area contributed by atoms with Crippen molar-refractivity contribution in [3.63, 3.8) is 0 Å². The first-order chi connectivity index (χ1) is 9.56. The summed E-state index contributed by atoms with van der Waals surface area (Å²) in [7, 11) is 1.68. The number of aromatic nitrogens is 3. The summed E-state index contributed by atoms with van der Waals surface area (Å²) in [6.45, 7) is 1.68. The normalized spacial score (nSPS) is 10.1. The van der Waals surface area contributed by atoms with E-state index in [2.05, 4.69) is 20.7 Å². The highest BCUT2D eigenvalue weighted by atomic mass is 16.2. The maximum absolute atomic E-state index is 11.9. The average Bonchev–Trinajstić information content (AvgIpc) is 2.76. The van der Waals surface area contributed by atoms with E-state index in [-0.39, 0.29) is 18.4 Å². The van der Waals surface area contributed by atoms with Gasteiger partial charge in [-0.05, 0) is 25.1 Å². The molecule has 7 heteroatoms. The van der Waals surface area contributed by atoms with Crippen molar-refractivity contribution >= 4 is 17.5 Å². The second-order valence-electron chi connectivity index (χ2n) is 4.27. The van der Waals surface area contributed by atoms with Crippen molar-refractivity contribution in [2.75, 3.05) is 11.9 Å². The number of aryl methyl sites for hydroxylation is 2. The van der Waals surface area contributed by atoms with Crippen LogP contribution in [0, 0.1) is 6.92 Å². The van der Waals surface area contributed by atoms with E-state index in [1.165, 1.54) is 10.9 Å². The molecule has 2 rings (SSSR count). The van der Waals surface area contributed by atoms with Crippen LogP contribution >= 0.6 is 0 Å². The number of anilines is 1. The third-order valence-corrected chi connectivity index (χ3v) is 2.59. The summed E-state index contributed by atoms with van der Waals surface area (Å²) in [6.07, 6.45) is 3.15. The molecule has 7 nitrogen and oxygen atoms in total. The molecule has 0 radical (unpaired) electrons. The smallest absolute Gasteiger partial charge is 0.269 e. The molecule has 2 aromatic heterocycles. The van der Waals surface area contributed by atoms with Crippen molar-refractivity contribution in [2.45, 2.75) is 6.92 Å². The molecule has 0 fully saturated rings. The van der Waals surface area contributed by atoms with E-state index in [1.54, 1.807) is 38.4 Å². The van der Waals surface area contributed by atoms with Gasteiger partial charge in [0.2, 0.25) is 5.91 Å². The Morgan fingerprint density at radius 2 is 2.20 bits per heavy atom. The van der Waals surface area contributed by atoms with Gasteiger partial charge >= 0.3 is 0 Å². The number of carbonyl (C=O) groups excluding carboxylic acids is 2. The second kappa shape index (κ2) is 5.96. The molecule has 2 N–H and O–H groups in total. The predicted molar refractivity (Wildman–Crippen MR) is 73.1 cm³/mol. The number of hydrogen-bond donors (Lipinski definition) is 2. The van der Waals surface area contributed by atoms with Gasteiger partial charge in [0.05, 0.1) is 24.1 Å². The number of amides is 2. The maximum Gasteiger partial charge on any atom is 0.269 e. The molecule has 0 aliphatic carbocycles. The summed E-state index contributed by atoms with van der Waals surface area (Å²) in [5.41, 5.74) is 1.75.